The summed E-state index contributed by atoms with van der Waals surface area (Å²) in [6.07, 6.45) is 1.30. The average molecular weight is 585 g/mol. The highest BCUT2D eigenvalue weighted by Gasteiger charge is 2.52. The highest BCUT2D eigenvalue weighted by Crippen LogP contribution is 2.44. The van der Waals surface area contributed by atoms with Gasteiger partial charge in [0.2, 0.25) is 0 Å². The third-order valence-corrected chi connectivity index (χ3v) is 8.89. The van der Waals surface area contributed by atoms with E-state index in [9.17, 15) is 4.79 Å². The zero-order valence-corrected chi connectivity index (χ0v) is 24.5. The molecule has 1 aliphatic heterocycles. The van der Waals surface area contributed by atoms with Gasteiger partial charge in [0.05, 0.1) is 26.3 Å². The summed E-state index contributed by atoms with van der Waals surface area (Å²) in [6, 6.07) is 19.8. The molecule has 9 heteroatoms. The van der Waals surface area contributed by atoms with Crippen molar-refractivity contribution in [2.75, 3.05) is 13.2 Å². The van der Waals surface area contributed by atoms with Gasteiger partial charge in [0.25, 0.3) is 0 Å². The van der Waals surface area contributed by atoms with Gasteiger partial charge in [0, 0.05) is 12.5 Å². The summed E-state index contributed by atoms with van der Waals surface area (Å²) in [5.74, 6) is -0.0281. The molecule has 1 saturated heterocycles. The molecule has 3 aromatic rings. The van der Waals surface area contributed by atoms with Gasteiger partial charge >= 0.3 is 13.2 Å². The largest absolute Gasteiger partial charge is 0.492 e. The van der Waals surface area contributed by atoms with Crippen molar-refractivity contribution in [2.45, 2.75) is 44.8 Å². The molecular weight excluding hydrogens is 556 g/mol. The summed E-state index contributed by atoms with van der Waals surface area (Å²) < 4.78 is 18.2. The lowest BCUT2D eigenvalue weighted by atomic mass is 9.77. The monoisotopic (exact) mass is 583 g/mol. The zero-order valence-electron chi connectivity index (χ0n) is 22.2. The fourth-order valence-corrected chi connectivity index (χ4v) is 5.51. The number of alkyl carbamates (subject to hydrolysis) is 1. The van der Waals surface area contributed by atoms with Crippen LogP contribution in [0, 0.1) is 0 Å². The van der Waals surface area contributed by atoms with E-state index in [1.807, 2.05) is 58.0 Å². The van der Waals surface area contributed by atoms with Gasteiger partial charge < -0.3 is 19.4 Å². The maximum Gasteiger partial charge on any atom is 0.492 e. The molecule has 0 unspecified atom stereocenters. The lowest BCUT2D eigenvalue weighted by molar-refractivity contribution is 0.00578. The molecule has 1 N–H and O–H groups in total. The predicted octanol–water partition coefficient (Wildman–Crippen LogP) is 8.20. The SMILES string of the molecule is CC1(C)OB(C(=Cc2cc(Cl)c(Cl)c(Cl)c2)CNC(=O)OCC2c3ccccc3-c3ccccc32)OC1(C)C. The minimum Gasteiger partial charge on any atom is -0.449 e. The molecule has 0 atom stereocenters. The Kier molecular flexibility index (Phi) is 7.80. The normalized spacial score (nSPS) is 17.6. The van der Waals surface area contributed by atoms with Crippen LogP contribution in [0.3, 0.4) is 0 Å². The Morgan fingerprint density at radius 3 is 1.97 bits per heavy atom. The maximum atomic E-state index is 12.9. The molecule has 3 aromatic carbocycles. The van der Waals surface area contributed by atoms with E-state index in [1.54, 1.807) is 12.1 Å². The lowest BCUT2D eigenvalue weighted by Crippen LogP contribution is -2.41. The van der Waals surface area contributed by atoms with Crippen LogP contribution in [0.15, 0.2) is 66.1 Å². The Labute approximate surface area is 244 Å². The van der Waals surface area contributed by atoms with Crippen molar-refractivity contribution in [1.82, 2.24) is 5.32 Å². The summed E-state index contributed by atoms with van der Waals surface area (Å²) in [5.41, 5.74) is 4.92. The van der Waals surface area contributed by atoms with Crippen molar-refractivity contribution in [3.05, 3.63) is 97.9 Å². The number of carbonyl (C=O) groups is 1. The van der Waals surface area contributed by atoms with Gasteiger partial charge in [-0.05, 0) is 73.1 Å². The molecule has 202 valence electrons. The maximum absolute atomic E-state index is 12.9. The molecule has 0 spiro atoms. The number of hydrogen-bond acceptors (Lipinski definition) is 4. The summed E-state index contributed by atoms with van der Waals surface area (Å²) in [7, 11) is -0.697. The number of hydrogen-bond donors (Lipinski definition) is 1. The Hall–Kier alpha value is -2.48. The van der Waals surface area contributed by atoms with E-state index >= 15 is 0 Å². The van der Waals surface area contributed by atoms with Crippen LogP contribution in [0.1, 0.15) is 50.3 Å². The molecule has 1 fully saturated rings. The van der Waals surface area contributed by atoms with Gasteiger partial charge in [-0.1, -0.05) is 89.4 Å². The van der Waals surface area contributed by atoms with E-state index < -0.39 is 24.4 Å². The Morgan fingerprint density at radius 2 is 1.44 bits per heavy atom. The number of halogens is 3. The van der Waals surface area contributed by atoms with Crippen molar-refractivity contribution in [2.24, 2.45) is 0 Å². The van der Waals surface area contributed by atoms with E-state index in [1.165, 1.54) is 11.1 Å². The first-order chi connectivity index (χ1) is 18.5. The van der Waals surface area contributed by atoms with E-state index in [2.05, 4.69) is 29.6 Å². The number of rotatable bonds is 6. The summed E-state index contributed by atoms with van der Waals surface area (Å²) in [6.45, 7) is 8.24. The molecule has 0 bridgehead atoms. The van der Waals surface area contributed by atoms with Crippen molar-refractivity contribution in [3.63, 3.8) is 0 Å². The van der Waals surface area contributed by atoms with Crippen LogP contribution >= 0.6 is 34.8 Å². The number of amides is 1. The van der Waals surface area contributed by atoms with Crippen LogP contribution in [0.4, 0.5) is 4.79 Å². The Bertz CT molecular complexity index is 1370. The van der Waals surface area contributed by atoms with Crippen molar-refractivity contribution in [3.8, 4) is 11.1 Å². The first-order valence-corrected chi connectivity index (χ1v) is 13.9. The molecule has 1 heterocycles. The third-order valence-electron chi connectivity index (χ3n) is 7.69. The summed E-state index contributed by atoms with van der Waals surface area (Å²) >= 11 is 18.7. The molecule has 1 aliphatic carbocycles. The average Bonchev–Trinajstić information content (AvgIpc) is 3.32. The molecule has 0 aromatic heterocycles. The molecule has 0 radical (unpaired) electrons. The predicted molar refractivity (Wildman–Crippen MR) is 159 cm³/mol. The van der Waals surface area contributed by atoms with Crippen molar-refractivity contribution in [1.29, 1.82) is 0 Å². The van der Waals surface area contributed by atoms with Crippen molar-refractivity contribution >= 4 is 54.1 Å². The van der Waals surface area contributed by atoms with Crippen LogP contribution in [0.25, 0.3) is 17.2 Å². The second-order valence-corrected chi connectivity index (χ2v) is 12.0. The second-order valence-electron chi connectivity index (χ2n) is 10.8. The van der Waals surface area contributed by atoms with Gasteiger partial charge in [-0.15, -0.1) is 0 Å². The Morgan fingerprint density at radius 1 is 0.923 bits per heavy atom. The van der Waals surface area contributed by atoms with Crippen LogP contribution in [-0.2, 0) is 14.0 Å². The van der Waals surface area contributed by atoms with Crippen LogP contribution in [0.5, 0.6) is 0 Å². The summed E-state index contributed by atoms with van der Waals surface area (Å²) in [5, 5.41) is 3.80. The molecule has 5 nitrogen and oxygen atoms in total. The Balaban J connectivity index is 1.32. The van der Waals surface area contributed by atoms with E-state index in [4.69, 9.17) is 48.8 Å². The molecule has 39 heavy (non-hydrogen) atoms. The molecule has 2 aliphatic rings. The molecule has 5 rings (SSSR count). The number of carbonyl (C=O) groups excluding carboxylic acids is 1. The number of benzene rings is 3. The minimum atomic E-state index is -0.697. The molecular formula is C30H29BCl3NO4. The quantitative estimate of drug-likeness (QED) is 0.234. The minimum absolute atomic E-state index is 0.0281. The van der Waals surface area contributed by atoms with E-state index in [0.29, 0.717) is 21.1 Å². The second kappa shape index (κ2) is 10.8. The van der Waals surface area contributed by atoms with Gasteiger partial charge in [0.1, 0.15) is 6.61 Å². The first kappa shape index (κ1) is 28.1. The summed E-state index contributed by atoms with van der Waals surface area (Å²) in [4.78, 5) is 12.9. The lowest BCUT2D eigenvalue weighted by Gasteiger charge is -2.32. The molecule has 1 amide bonds. The van der Waals surface area contributed by atoms with Crippen LogP contribution in [0.2, 0.25) is 15.1 Å². The van der Waals surface area contributed by atoms with Gasteiger partial charge in [-0.2, -0.15) is 0 Å². The van der Waals surface area contributed by atoms with E-state index in [-0.39, 0.29) is 24.1 Å². The molecule has 0 saturated carbocycles. The van der Waals surface area contributed by atoms with Gasteiger partial charge in [0.15, 0.2) is 0 Å². The van der Waals surface area contributed by atoms with Crippen LogP contribution in [-0.4, -0.2) is 37.6 Å². The third kappa shape index (κ3) is 5.59. The number of fused-ring (bicyclic) bond motifs is 3. The fraction of sp³-hybridized carbons (Fsp3) is 0.300. The topological polar surface area (TPSA) is 56.8 Å². The highest BCUT2D eigenvalue weighted by atomic mass is 35.5. The first-order valence-electron chi connectivity index (χ1n) is 12.8. The van der Waals surface area contributed by atoms with Gasteiger partial charge in [-0.25, -0.2) is 4.79 Å². The van der Waals surface area contributed by atoms with Gasteiger partial charge in [-0.3, -0.25) is 0 Å². The van der Waals surface area contributed by atoms with E-state index in [0.717, 1.165) is 11.1 Å². The fourth-order valence-electron chi connectivity index (χ4n) is 4.89. The van der Waals surface area contributed by atoms with Crippen LogP contribution < -0.4 is 5.32 Å². The smallest absolute Gasteiger partial charge is 0.449 e. The van der Waals surface area contributed by atoms with Crippen molar-refractivity contribution < 1.29 is 18.8 Å². The number of nitrogens with one attached hydrogen (secondary N) is 1. The highest BCUT2D eigenvalue weighted by molar-refractivity contribution is 6.56. The zero-order chi connectivity index (χ0) is 27.9. The number of ether oxygens (including phenoxy) is 1. The standard InChI is InChI=1S/C30H29BCl3NO4/c1-29(2)30(3,4)39-31(38-29)19(13-18-14-25(32)27(34)26(33)15-18)16-35-28(36)37-17-24-22-11-7-5-9-20(22)21-10-6-8-12-23(21)24/h5-15,24H,16-17H2,1-4H3,(H,35,36).